The van der Waals surface area contributed by atoms with Crippen molar-refractivity contribution < 1.29 is 52.3 Å². The third-order valence-electron chi connectivity index (χ3n) is 4.44. The van der Waals surface area contributed by atoms with E-state index in [4.69, 9.17) is 38.9 Å². The predicted molar refractivity (Wildman–Crippen MR) is 130 cm³/mol. The van der Waals surface area contributed by atoms with Crippen LogP contribution in [-0.2, 0) is 34.9 Å². The molecule has 2 N–H and O–H groups in total. The van der Waals surface area contributed by atoms with Crippen LogP contribution < -0.4 is 15.2 Å². The number of rotatable bonds is 12. The molecule has 0 radical (unpaired) electrons. The minimum absolute atomic E-state index is 0.00518. The second kappa shape index (κ2) is 15.5. The first-order valence-electron chi connectivity index (χ1n) is 12.0. The molecule has 0 aliphatic carbocycles. The molecule has 0 aliphatic rings. The van der Waals surface area contributed by atoms with Crippen LogP contribution in [0.3, 0.4) is 0 Å². The number of nitrogens with two attached hydrogens (primary N) is 1. The fourth-order valence-electron chi connectivity index (χ4n) is 2.58. The molecule has 0 fully saturated rings. The first-order valence-corrected chi connectivity index (χ1v) is 12.0. The molecule has 1 aromatic rings. The lowest BCUT2D eigenvalue weighted by Gasteiger charge is -2.18. The van der Waals surface area contributed by atoms with Crippen LogP contribution in [-0.4, -0.2) is 61.5 Å². The lowest BCUT2D eigenvalue weighted by Crippen LogP contribution is -2.37. The summed E-state index contributed by atoms with van der Waals surface area (Å²) in [6.07, 6.45) is -4.17. The van der Waals surface area contributed by atoms with Gasteiger partial charge < -0.3 is 38.9 Å². The Bertz CT molecular complexity index is 916. The Hall–Kier alpha value is -3.54. The van der Waals surface area contributed by atoms with Gasteiger partial charge in [-0.3, -0.25) is 4.79 Å². The normalized spacial score (nSPS) is 13.2. The van der Waals surface area contributed by atoms with Crippen molar-refractivity contribution in [3.05, 3.63) is 23.8 Å². The van der Waals surface area contributed by atoms with Crippen LogP contribution >= 0.6 is 0 Å². The third kappa shape index (κ3) is 12.8. The summed E-state index contributed by atoms with van der Waals surface area (Å²) in [5, 5.41) is 0. The molecule has 0 heterocycles. The van der Waals surface area contributed by atoms with Crippen molar-refractivity contribution in [3.8, 4) is 11.5 Å². The van der Waals surface area contributed by atoms with Gasteiger partial charge in [-0.2, -0.15) is 0 Å². The SMILES string of the molecule is CCC(C)OC(=O)OC[C@H](C)OC(=O)[C@@H](N)Cc1ccc(OC(=O)OC(C)C)c(OC(=O)OC(C)C)c1. The van der Waals surface area contributed by atoms with E-state index in [-0.39, 0.29) is 30.6 Å². The zero-order valence-electron chi connectivity index (χ0n) is 22.3. The predicted octanol–water partition coefficient (Wildman–Crippen LogP) is 4.29. The summed E-state index contributed by atoms with van der Waals surface area (Å²) in [6, 6.07) is 3.18. The summed E-state index contributed by atoms with van der Waals surface area (Å²) >= 11 is 0. The molecule has 1 unspecified atom stereocenters. The highest BCUT2D eigenvalue weighted by molar-refractivity contribution is 5.76. The molecule has 1 aromatic carbocycles. The van der Waals surface area contributed by atoms with E-state index in [1.807, 2.05) is 6.92 Å². The van der Waals surface area contributed by atoms with Crippen molar-refractivity contribution in [2.45, 2.75) is 91.8 Å². The van der Waals surface area contributed by atoms with Crippen LogP contribution in [0.5, 0.6) is 11.5 Å². The number of carbonyl (C=O) groups is 4. The van der Waals surface area contributed by atoms with Gasteiger partial charge in [0.1, 0.15) is 24.9 Å². The maximum absolute atomic E-state index is 12.4. The first-order chi connectivity index (χ1) is 17.3. The molecule has 12 nitrogen and oxygen atoms in total. The van der Waals surface area contributed by atoms with Gasteiger partial charge >= 0.3 is 24.4 Å². The number of carbonyl (C=O) groups excluding carboxylic acids is 4. The number of hydrogen-bond donors (Lipinski definition) is 1. The molecule has 0 amide bonds. The zero-order chi connectivity index (χ0) is 28.1. The van der Waals surface area contributed by atoms with Crippen molar-refractivity contribution >= 4 is 24.4 Å². The van der Waals surface area contributed by atoms with E-state index >= 15 is 0 Å². The highest BCUT2D eigenvalue weighted by atomic mass is 16.8. The van der Waals surface area contributed by atoms with Gasteiger partial charge in [0.05, 0.1) is 12.2 Å². The van der Waals surface area contributed by atoms with Crippen LogP contribution in [0.4, 0.5) is 14.4 Å². The average molecular weight is 528 g/mol. The third-order valence-corrected chi connectivity index (χ3v) is 4.44. The Labute approximate surface area is 216 Å². The van der Waals surface area contributed by atoms with E-state index in [9.17, 15) is 19.2 Å². The quantitative estimate of drug-likeness (QED) is 0.234. The molecule has 0 saturated carbocycles. The van der Waals surface area contributed by atoms with Crippen molar-refractivity contribution in [1.29, 1.82) is 0 Å². The molecule has 1 rings (SSSR count). The molecule has 208 valence electrons. The van der Waals surface area contributed by atoms with Crippen LogP contribution in [0, 0.1) is 0 Å². The smallest absolute Gasteiger partial charge is 0.458 e. The number of esters is 1. The van der Waals surface area contributed by atoms with Crippen molar-refractivity contribution in [1.82, 2.24) is 0 Å². The Balaban J connectivity index is 2.83. The summed E-state index contributed by atoms with van der Waals surface area (Å²) in [4.78, 5) is 48.0. The Kier molecular flexibility index (Phi) is 13.2. The van der Waals surface area contributed by atoms with Gasteiger partial charge in [-0.25, -0.2) is 14.4 Å². The summed E-state index contributed by atoms with van der Waals surface area (Å²) in [6.45, 7) is 11.5. The van der Waals surface area contributed by atoms with Gasteiger partial charge in [-0.1, -0.05) is 13.0 Å². The standard InChI is InChI=1S/C25H37NO11/c1-8-16(6)35-23(28)31-13-17(7)34-22(27)19(26)11-18-9-10-20(36-24(29)32-14(2)3)21(12-18)37-25(30)33-15(4)5/h9-10,12,14-17,19H,8,11,13,26H2,1-7H3/t16?,17-,19-/m0/s1. The molecular weight excluding hydrogens is 490 g/mol. The molecule has 12 heteroatoms. The fourth-order valence-corrected chi connectivity index (χ4v) is 2.58. The average Bonchev–Trinajstić information content (AvgIpc) is 2.78. The van der Waals surface area contributed by atoms with Gasteiger partial charge in [0.25, 0.3) is 0 Å². The van der Waals surface area contributed by atoms with E-state index < -0.39 is 48.8 Å². The Morgan fingerprint density at radius 2 is 1.32 bits per heavy atom. The fraction of sp³-hybridized carbons (Fsp3) is 0.600. The highest BCUT2D eigenvalue weighted by Gasteiger charge is 2.22. The minimum Gasteiger partial charge on any atom is -0.458 e. The number of ether oxygens (including phenoxy) is 7. The van der Waals surface area contributed by atoms with Crippen molar-refractivity contribution in [2.24, 2.45) is 5.73 Å². The Morgan fingerprint density at radius 1 is 0.757 bits per heavy atom. The van der Waals surface area contributed by atoms with E-state index in [2.05, 4.69) is 0 Å². The maximum Gasteiger partial charge on any atom is 0.514 e. The van der Waals surface area contributed by atoms with Crippen LogP contribution in [0.2, 0.25) is 0 Å². The van der Waals surface area contributed by atoms with E-state index in [0.29, 0.717) is 12.0 Å². The van der Waals surface area contributed by atoms with Gasteiger partial charge in [-0.15, -0.1) is 0 Å². The van der Waals surface area contributed by atoms with E-state index in [0.717, 1.165) is 0 Å². The summed E-state index contributed by atoms with van der Waals surface area (Å²) in [7, 11) is 0. The van der Waals surface area contributed by atoms with E-state index in [1.165, 1.54) is 25.1 Å². The Morgan fingerprint density at radius 3 is 1.86 bits per heavy atom. The van der Waals surface area contributed by atoms with Crippen LogP contribution in [0.25, 0.3) is 0 Å². The van der Waals surface area contributed by atoms with Gasteiger partial charge in [-0.05, 0) is 72.1 Å². The number of hydrogen-bond acceptors (Lipinski definition) is 12. The lowest BCUT2D eigenvalue weighted by atomic mass is 10.1. The van der Waals surface area contributed by atoms with Gasteiger partial charge in [0.2, 0.25) is 0 Å². The molecule has 0 bridgehead atoms. The second-order valence-electron chi connectivity index (χ2n) is 8.77. The zero-order valence-corrected chi connectivity index (χ0v) is 22.3. The second-order valence-corrected chi connectivity index (χ2v) is 8.77. The van der Waals surface area contributed by atoms with E-state index in [1.54, 1.807) is 34.6 Å². The van der Waals surface area contributed by atoms with Crippen molar-refractivity contribution in [2.75, 3.05) is 6.61 Å². The largest absolute Gasteiger partial charge is 0.514 e. The topological polar surface area (TPSA) is 159 Å². The van der Waals surface area contributed by atoms with Gasteiger partial charge in [0, 0.05) is 0 Å². The molecule has 0 aromatic heterocycles. The molecule has 0 saturated heterocycles. The highest BCUT2D eigenvalue weighted by Crippen LogP contribution is 2.30. The summed E-state index contributed by atoms with van der Waals surface area (Å²) in [5.41, 5.74) is 6.46. The summed E-state index contributed by atoms with van der Waals surface area (Å²) in [5.74, 6) is -0.971. The molecule has 37 heavy (non-hydrogen) atoms. The monoisotopic (exact) mass is 527 g/mol. The first kappa shape index (κ1) is 31.5. The molecule has 0 aliphatic heterocycles. The number of benzene rings is 1. The van der Waals surface area contributed by atoms with Gasteiger partial charge in [0.15, 0.2) is 11.5 Å². The van der Waals surface area contributed by atoms with Crippen LogP contribution in [0.1, 0.15) is 60.5 Å². The molecular formula is C25H37NO11. The lowest BCUT2D eigenvalue weighted by molar-refractivity contribution is -0.152. The summed E-state index contributed by atoms with van der Waals surface area (Å²) < 4.78 is 35.4. The minimum atomic E-state index is -1.09. The van der Waals surface area contributed by atoms with Crippen LogP contribution in [0.15, 0.2) is 18.2 Å². The molecule has 0 spiro atoms. The molecule has 3 atom stereocenters. The van der Waals surface area contributed by atoms with Crippen molar-refractivity contribution in [3.63, 3.8) is 0 Å². The maximum atomic E-state index is 12.4.